The highest BCUT2D eigenvalue weighted by Gasteiger charge is 2.05. The monoisotopic (exact) mass is 249 g/mol. The number of hydrogen-bond acceptors (Lipinski definition) is 3. The highest BCUT2D eigenvalue weighted by Crippen LogP contribution is 2.20. The molecular weight excluding hydrogens is 226 g/mol. The lowest BCUT2D eigenvalue weighted by atomic mass is 10.1. The quantitative estimate of drug-likeness (QED) is 0.595. The van der Waals surface area contributed by atoms with Crippen LogP contribution in [0.4, 0.5) is 0 Å². The third-order valence-electron chi connectivity index (χ3n) is 2.42. The second kappa shape index (κ2) is 7.77. The Morgan fingerprint density at radius 3 is 2.44 bits per heavy atom. The minimum absolute atomic E-state index is 0.167. The number of hydrogen-bond donors (Lipinski definition) is 1. The van der Waals surface area contributed by atoms with E-state index in [0.29, 0.717) is 0 Å². The van der Waals surface area contributed by atoms with E-state index in [9.17, 15) is 0 Å². The van der Waals surface area contributed by atoms with E-state index in [0.717, 1.165) is 30.2 Å². The minimum atomic E-state index is 0.167. The van der Waals surface area contributed by atoms with Crippen LogP contribution in [0.2, 0.25) is 0 Å². The van der Waals surface area contributed by atoms with Gasteiger partial charge in [0, 0.05) is 12.1 Å². The molecule has 0 spiro atoms. The highest BCUT2D eigenvalue weighted by molar-refractivity contribution is 5.60. The first-order valence-electron chi connectivity index (χ1n) is 6.39. The van der Waals surface area contributed by atoms with Crippen molar-refractivity contribution in [1.29, 1.82) is 0 Å². The third kappa shape index (κ3) is 4.80. The van der Waals surface area contributed by atoms with E-state index in [1.165, 1.54) is 0 Å². The predicted octanol–water partition coefficient (Wildman–Crippen LogP) is 3.07. The first kappa shape index (κ1) is 14.6. The molecule has 0 aromatic heterocycles. The van der Waals surface area contributed by atoms with E-state index in [1.807, 2.05) is 38.1 Å². The molecule has 1 aromatic carbocycles. The van der Waals surface area contributed by atoms with Crippen molar-refractivity contribution in [2.24, 2.45) is 0 Å². The van der Waals surface area contributed by atoms with E-state index in [-0.39, 0.29) is 6.10 Å². The van der Waals surface area contributed by atoms with Gasteiger partial charge in [-0.25, -0.2) is 0 Å². The first-order chi connectivity index (χ1) is 8.67. The molecule has 0 aliphatic heterocycles. The van der Waals surface area contributed by atoms with Crippen molar-refractivity contribution in [1.82, 2.24) is 5.32 Å². The Morgan fingerprint density at radius 1 is 1.28 bits per heavy atom. The van der Waals surface area contributed by atoms with E-state index < -0.39 is 0 Å². The van der Waals surface area contributed by atoms with Gasteiger partial charge in [-0.1, -0.05) is 6.92 Å². The number of nitrogens with one attached hydrogen (secondary N) is 1. The molecular formula is C15H23NO2. The Hall–Kier alpha value is -1.48. The zero-order chi connectivity index (χ0) is 13.4. The summed E-state index contributed by atoms with van der Waals surface area (Å²) in [5.41, 5.74) is 1.07. The molecule has 0 unspecified atom stereocenters. The van der Waals surface area contributed by atoms with Gasteiger partial charge in [0.25, 0.3) is 0 Å². The molecule has 0 saturated carbocycles. The molecule has 0 aliphatic rings. The third-order valence-corrected chi connectivity index (χ3v) is 2.42. The van der Waals surface area contributed by atoms with Crippen molar-refractivity contribution in [3.05, 3.63) is 35.9 Å². The second-order valence-electron chi connectivity index (χ2n) is 4.27. The molecule has 0 saturated heterocycles. The second-order valence-corrected chi connectivity index (χ2v) is 4.27. The van der Waals surface area contributed by atoms with Crippen LogP contribution in [0.5, 0.6) is 5.75 Å². The van der Waals surface area contributed by atoms with Gasteiger partial charge in [-0.3, -0.25) is 0 Å². The molecule has 0 heterocycles. The van der Waals surface area contributed by atoms with Crippen molar-refractivity contribution < 1.29 is 9.47 Å². The summed E-state index contributed by atoms with van der Waals surface area (Å²) in [4.78, 5) is 0. The molecule has 0 aliphatic carbocycles. The average molecular weight is 249 g/mol. The van der Waals surface area contributed by atoms with Crippen LogP contribution in [0.3, 0.4) is 0 Å². The number of likely N-dealkylation sites (N-methyl/N-ethyl adjacent to an activating group) is 1. The van der Waals surface area contributed by atoms with Crippen LogP contribution < -0.4 is 10.1 Å². The highest BCUT2D eigenvalue weighted by atomic mass is 16.5. The maximum atomic E-state index is 5.84. The molecule has 18 heavy (non-hydrogen) atoms. The fraction of sp³-hybridized carbons (Fsp3) is 0.467. The number of ether oxygens (including phenoxy) is 2. The minimum Gasteiger partial charge on any atom is -0.497 e. The van der Waals surface area contributed by atoms with Gasteiger partial charge in [0.05, 0.1) is 13.2 Å². The van der Waals surface area contributed by atoms with Crippen LogP contribution in [0.1, 0.15) is 26.3 Å². The van der Waals surface area contributed by atoms with Crippen LogP contribution in [0, 0.1) is 0 Å². The molecule has 1 aromatic rings. The summed E-state index contributed by atoms with van der Waals surface area (Å²) < 4.78 is 11.0. The molecule has 0 bridgehead atoms. The number of methoxy groups -OCH3 is 1. The summed E-state index contributed by atoms with van der Waals surface area (Å²) in [6, 6.07) is 7.91. The van der Waals surface area contributed by atoms with Gasteiger partial charge in [0.1, 0.15) is 11.5 Å². The number of benzene rings is 1. The van der Waals surface area contributed by atoms with Gasteiger partial charge in [-0.2, -0.15) is 0 Å². The topological polar surface area (TPSA) is 30.5 Å². The summed E-state index contributed by atoms with van der Waals surface area (Å²) >= 11 is 0. The van der Waals surface area contributed by atoms with Crippen LogP contribution in [-0.4, -0.2) is 26.3 Å². The molecule has 0 fully saturated rings. The Bertz CT molecular complexity index is 369. The van der Waals surface area contributed by atoms with E-state index >= 15 is 0 Å². The summed E-state index contributed by atoms with van der Waals surface area (Å²) in [5, 5.41) is 3.26. The van der Waals surface area contributed by atoms with Crippen molar-refractivity contribution in [3.63, 3.8) is 0 Å². The van der Waals surface area contributed by atoms with Crippen LogP contribution in [0.25, 0.3) is 5.76 Å². The largest absolute Gasteiger partial charge is 0.497 e. The molecule has 1 rings (SSSR count). The van der Waals surface area contributed by atoms with Crippen LogP contribution in [-0.2, 0) is 4.74 Å². The smallest absolute Gasteiger partial charge is 0.124 e. The van der Waals surface area contributed by atoms with Crippen LogP contribution >= 0.6 is 0 Å². The standard InChI is InChI=1S/C15H23NO2/c1-5-16-11-10-15(18-12(2)3)13-6-8-14(17-4)9-7-13/h6-10,12,16H,5,11H2,1-4H3/b15-10-. The van der Waals surface area contributed by atoms with E-state index in [1.54, 1.807) is 7.11 Å². The molecule has 0 atom stereocenters. The van der Waals surface area contributed by atoms with Crippen LogP contribution in [0.15, 0.2) is 30.3 Å². The van der Waals surface area contributed by atoms with Gasteiger partial charge < -0.3 is 14.8 Å². The maximum Gasteiger partial charge on any atom is 0.124 e. The predicted molar refractivity (Wildman–Crippen MR) is 75.7 cm³/mol. The maximum absolute atomic E-state index is 5.84. The summed E-state index contributed by atoms with van der Waals surface area (Å²) in [7, 11) is 1.67. The Kier molecular flexibility index (Phi) is 6.29. The number of rotatable bonds is 7. The normalized spacial score (nSPS) is 11.7. The summed E-state index contributed by atoms with van der Waals surface area (Å²) in [5.74, 6) is 1.77. The van der Waals surface area contributed by atoms with E-state index in [2.05, 4.69) is 18.3 Å². The molecule has 0 amide bonds. The van der Waals surface area contributed by atoms with Gasteiger partial charge >= 0.3 is 0 Å². The van der Waals surface area contributed by atoms with Crippen molar-refractivity contribution >= 4 is 5.76 Å². The lowest BCUT2D eigenvalue weighted by molar-refractivity contribution is 0.203. The summed E-state index contributed by atoms with van der Waals surface area (Å²) in [6.07, 6.45) is 2.24. The van der Waals surface area contributed by atoms with E-state index in [4.69, 9.17) is 9.47 Å². The molecule has 0 radical (unpaired) electrons. The average Bonchev–Trinajstić information content (AvgIpc) is 2.37. The SMILES string of the molecule is CCNC/C=C(\OC(C)C)c1ccc(OC)cc1. The van der Waals surface area contributed by atoms with Gasteiger partial charge in [0.2, 0.25) is 0 Å². The summed E-state index contributed by atoms with van der Waals surface area (Å²) in [6.45, 7) is 7.91. The van der Waals surface area contributed by atoms with Gasteiger partial charge in [-0.15, -0.1) is 0 Å². The molecule has 3 heteroatoms. The van der Waals surface area contributed by atoms with Gasteiger partial charge in [-0.05, 0) is 50.7 Å². The fourth-order valence-corrected chi connectivity index (χ4v) is 1.55. The zero-order valence-electron chi connectivity index (χ0n) is 11.7. The first-order valence-corrected chi connectivity index (χ1v) is 6.39. The molecule has 100 valence electrons. The Balaban J connectivity index is 2.82. The van der Waals surface area contributed by atoms with Crippen molar-refractivity contribution in [2.45, 2.75) is 26.9 Å². The Morgan fingerprint density at radius 2 is 1.94 bits per heavy atom. The zero-order valence-corrected chi connectivity index (χ0v) is 11.7. The molecule has 1 N–H and O–H groups in total. The lowest BCUT2D eigenvalue weighted by Gasteiger charge is -2.14. The lowest BCUT2D eigenvalue weighted by Crippen LogP contribution is -2.13. The van der Waals surface area contributed by atoms with Crippen molar-refractivity contribution in [2.75, 3.05) is 20.2 Å². The fourth-order valence-electron chi connectivity index (χ4n) is 1.55. The molecule has 3 nitrogen and oxygen atoms in total. The Labute approximate surface area is 110 Å². The van der Waals surface area contributed by atoms with Gasteiger partial charge in [0.15, 0.2) is 0 Å². The van der Waals surface area contributed by atoms with Crippen molar-refractivity contribution in [3.8, 4) is 5.75 Å².